The molecule has 10 heavy (non-hydrogen) atoms. The van der Waals surface area contributed by atoms with E-state index in [1.165, 1.54) is 19.3 Å². The van der Waals surface area contributed by atoms with E-state index >= 15 is 0 Å². The summed E-state index contributed by atoms with van der Waals surface area (Å²) in [6.07, 6.45) is 3.98. The molecule has 0 heterocycles. The van der Waals surface area contributed by atoms with Gasteiger partial charge in [0.05, 0.1) is 6.92 Å². The van der Waals surface area contributed by atoms with Gasteiger partial charge in [0.2, 0.25) is 0 Å². The van der Waals surface area contributed by atoms with Crippen LogP contribution < -0.4 is 0 Å². The Labute approximate surface area is 66.0 Å². The summed E-state index contributed by atoms with van der Waals surface area (Å²) >= 11 is 0. The summed E-state index contributed by atoms with van der Waals surface area (Å²) in [5.41, 5.74) is 0.259. The predicted molar refractivity (Wildman–Crippen MR) is 47.8 cm³/mol. The van der Waals surface area contributed by atoms with E-state index in [-0.39, 0.29) is 5.41 Å². The van der Waals surface area contributed by atoms with Crippen molar-refractivity contribution in [2.24, 2.45) is 11.3 Å². The molecular formula is C10H21+. The highest BCUT2D eigenvalue weighted by atomic mass is 14.2. The highest BCUT2D eigenvalue weighted by molar-refractivity contribution is 4.76. The van der Waals surface area contributed by atoms with Crippen LogP contribution in [0.2, 0.25) is 0 Å². The van der Waals surface area contributed by atoms with E-state index in [1.807, 2.05) is 0 Å². The quantitative estimate of drug-likeness (QED) is 0.524. The highest BCUT2D eigenvalue weighted by Gasteiger charge is 2.25. The molecule has 0 radical (unpaired) electrons. The van der Waals surface area contributed by atoms with E-state index in [0.717, 1.165) is 5.92 Å². The van der Waals surface area contributed by atoms with Crippen LogP contribution in [0, 0.1) is 18.3 Å². The van der Waals surface area contributed by atoms with E-state index < -0.39 is 0 Å². The Morgan fingerprint density at radius 1 is 1.40 bits per heavy atom. The van der Waals surface area contributed by atoms with Crippen molar-refractivity contribution in [1.29, 1.82) is 0 Å². The zero-order chi connectivity index (χ0) is 8.20. The molecule has 0 saturated heterocycles. The Balaban J connectivity index is 3.52. The van der Waals surface area contributed by atoms with Gasteiger partial charge in [-0.1, -0.05) is 26.7 Å². The predicted octanol–water partition coefficient (Wildman–Crippen LogP) is 3.67. The fourth-order valence-electron chi connectivity index (χ4n) is 0.901. The molecule has 0 aromatic rings. The minimum absolute atomic E-state index is 0.259. The van der Waals surface area contributed by atoms with Crippen molar-refractivity contribution in [2.75, 3.05) is 0 Å². The second-order valence-electron chi connectivity index (χ2n) is 4.03. The second kappa shape index (κ2) is 3.90. The molecule has 0 nitrogen and oxygen atoms in total. The van der Waals surface area contributed by atoms with Gasteiger partial charge in [-0.15, -0.1) is 0 Å². The topological polar surface area (TPSA) is 0 Å². The Kier molecular flexibility index (Phi) is 3.85. The Bertz CT molecular complexity index is 76.5. The largest absolute Gasteiger partial charge is 0.102 e. The molecular weight excluding hydrogens is 120 g/mol. The molecule has 0 saturated carbocycles. The van der Waals surface area contributed by atoms with Crippen LogP contribution in [0.3, 0.4) is 0 Å². The van der Waals surface area contributed by atoms with Gasteiger partial charge in [-0.05, 0) is 20.3 Å². The maximum absolute atomic E-state index is 4.12. The fraction of sp³-hybridized carbons (Fsp3) is 0.900. The van der Waals surface area contributed by atoms with Crippen molar-refractivity contribution in [1.82, 2.24) is 0 Å². The molecule has 1 atom stereocenters. The van der Waals surface area contributed by atoms with Gasteiger partial charge in [0.15, 0.2) is 0 Å². The maximum atomic E-state index is 4.12. The number of rotatable bonds is 4. The monoisotopic (exact) mass is 141 g/mol. The van der Waals surface area contributed by atoms with Crippen LogP contribution >= 0.6 is 0 Å². The Hall–Kier alpha value is -0.130. The first-order valence-electron chi connectivity index (χ1n) is 4.33. The summed E-state index contributed by atoms with van der Waals surface area (Å²) in [6, 6.07) is 0. The second-order valence-corrected chi connectivity index (χ2v) is 4.03. The van der Waals surface area contributed by atoms with Gasteiger partial charge >= 0.3 is 0 Å². The summed E-state index contributed by atoms with van der Waals surface area (Å²) in [4.78, 5) is 0. The number of hydrogen-bond acceptors (Lipinski definition) is 0. The van der Waals surface area contributed by atoms with Crippen molar-refractivity contribution < 1.29 is 0 Å². The SMILES string of the molecule is [CH2+]C(C)(C)C(C)CCCC. The summed E-state index contributed by atoms with van der Waals surface area (Å²) in [5, 5.41) is 0. The van der Waals surface area contributed by atoms with Gasteiger partial charge < -0.3 is 0 Å². The molecule has 60 valence electrons. The molecule has 0 aliphatic carbocycles. The molecule has 0 fully saturated rings. The third kappa shape index (κ3) is 3.81. The molecule has 0 spiro atoms. The lowest BCUT2D eigenvalue weighted by molar-refractivity contribution is 0.280. The number of hydrogen-bond donors (Lipinski definition) is 0. The van der Waals surface area contributed by atoms with Gasteiger partial charge in [0.1, 0.15) is 5.41 Å². The zero-order valence-corrected chi connectivity index (χ0v) is 7.91. The van der Waals surface area contributed by atoms with Crippen molar-refractivity contribution in [3.63, 3.8) is 0 Å². The molecule has 0 bridgehead atoms. The lowest BCUT2D eigenvalue weighted by atomic mass is 9.79. The molecule has 0 amide bonds. The Morgan fingerprint density at radius 3 is 2.20 bits per heavy atom. The third-order valence-corrected chi connectivity index (χ3v) is 2.32. The van der Waals surface area contributed by atoms with Crippen LogP contribution in [0.5, 0.6) is 0 Å². The first-order chi connectivity index (χ1) is 4.48. The minimum atomic E-state index is 0.259. The lowest BCUT2D eigenvalue weighted by Gasteiger charge is -2.20. The normalized spacial score (nSPS) is 15.2. The Morgan fingerprint density at radius 2 is 1.90 bits per heavy atom. The summed E-state index contributed by atoms with van der Waals surface area (Å²) < 4.78 is 0. The fourth-order valence-corrected chi connectivity index (χ4v) is 0.901. The maximum Gasteiger partial charge on any atom is 0.102 e. The first-order valence-corrected chi connectivity index (χ1v) is 4.33. The van der Waals surface area contributed by atoms with E-state index in [0.29, 0.717) is 0 Å². The van der Waals surface area contributed by atoms with Crippen molar-refractivity contribution in [3.05, 3.63) is 6.92 Å². The van der Waals surface area contributed by atoms with Gasteiger partial charge in [-0.3, -0.25) is 0 Å². The molecule has 0 aromatic carbocycles. The van der Waals surface area contributed by atoms with Gasteiger partial charge in [0, 0.05) is 5.92 Å². The van der Waals surface area contributed by atoms with E-state index in [4.69, 9.17) is 0 Å². The van der Waals surface area contributed by atoms with Crippen LogP contribution in [0.15, 0.2) is 0 Å². The highest BCUT2D eigenvalue weighted by Crippen LogP contribution is 2.28. The molecule has 0 aliphatic heterocycles. The summed E-state index contributed by atoms with van der Waals surface area (Å²) in [5.74, 6) is 0.757. The molecule has 1 unspecified atom stereocenters. The van der Waals surface area contributed by atoms with E-state index in [9.17, 15) is 0 Å². The average Bonchev–Trinajstić information content (AvgIpc) is 1.80. The lowest BCUT2D eigenvalue weighted by Crippen LogP contribution is -2.17. The minimum Gasteiger partial charge on any atom is -0.0654 e. The molecule has 0 aromatic heterocycles. The van der Waals surface area contributed by atoms with Crippen molar-refractivity contribution in [2.45, 2.75) is 47.0 Å². The smallest absolute Gasteiger partial charge is 0.0654 e. The summed E-state index contributed by atoms with van der Waals surface area (Å²) in [7, 11) is 0. The summed E-state index contributed by atoms with van der Waals surface area (Å²) in [6.45, 7) is 13.1. The van der Waals surface area contributed by atoms with Crippen molar-refractivity contribution in [3.8, 4) is 0 Å². The van der Waals surface area contributed by atoms with Crippen LogP contribution in [0.1, 0.15) is 47.0 Å². The van der Waals surface area contributed by atoms with Crippen molar-refractivity contribution >= 4 is 0 Å². The molecule has 0 heteroatoms. The van der Waals surface area contributed by atoms with Crippen LogP contribution in [-0.4, -0.2) is 0 Å². The standard InChI is InChI=1S/C10H21/c1-6-7-8-9(2)10(3,4)5/h9H,3,6-8H2,1-2,4-5H3/q+1. The molecule has 0 N–H and O–H groups in total. The third-order valence-electron chi connectivity index (χ3n) is 2.32. The van der Waals surface area contributed by atoms with Gasteiger partial charge in [-0.25, -0.2) is 0 Å². The van der Waals surface area contributed by atoms with E-state index in [2.05, 4.69) is 34.6 Å². The van der Waals surface area contributed by atoms with Crippen LogP contribution in [0.25, 0.3) is 0 Å². The van der Waals surface area contributed by atoms with Gasteiger partial charge in [-0.2, -0.15) is 0 Å². The first kappa shape index (κ1) is 9.87. The zero-order valence-electron chi connectivity index (χ0n) is 7.91. The van der Waals surface area contributed by atoms with E-state index in [1.54, 1.807) is 0 Å². The van der Waals surface area contributed by atoms with Gasteiger partial charge in [0.25, 0.3) is 0 Å². The average molecular weight is 141 g/mol. The number of unbranched alkanes of at least 4 members (excludes halogenated alkanes) is 1. The van der Waals surface area contributed by atoms with Crippen LogP contribution in [-0.2, 0) is 0 Å². The van der Waals surface area contributed by atoms with Crippen LogP contribution in [0.4, 0.5) is 0 Å². The molecule has 0 aliphatic rings. The molecule has 0 rings (SSSR count).